The average molecular weight is 266 g/mol. The van der Waals surface area contributed by atoms with Crippen molar-refractivity contribution in [3.8, 4) is 0 Å². The highest BCUT2D eigenvalue weighted by atomic mass is 19.4. The van der Waals surface area contributed by atoms with Gasteiger partial charge < -0.3 is 5.32 Å². The van der Waals surface area contributed by atoms with Gasteiger partial charge in [0.15, 0.2) is 0 Å². The third-order valence-corrected chi connectivity index (χ3v) is 2.69. The van der Waals surface area contributed by atoms with E-state index in [1.807, 2.05) is 31.2 Å². The highest BCUT2D eigenvalue weighted by molar-refractivity contribution is 5.37. The van der Waals surface area contributed by atoms with Crippen LogP contribution in [0.3, 0.4) is 0 Å². The minimum atomic E-state index is -4.34. The van der Waals surface area contributed by atoms with Gasteiger partial charge in [0.2, 0.25) is 0 Å². The SMILES string of the molecule is Cc1ccc(CNc2ccc(C(F)(F)F)cn2)cc1. The molecule has 2 nitrogen and oxygen atoms in total. The van der Waals surface area contributed by atoms with Crippen molar-refractivity contribution in [2.45, 2.75) is 19.6 Å². The standard InChI is InChI=1S/C14H13F3N2/c1-10-2-4-11(5-3-10)8-18-13-7-6-12(9-19-13)14(15,16)17/h2-7,9H,8H2,1H3,(H,18,19). The lowest BCUT2D eigenvalue weighted by Gasteiger charge is -2.08. The first-order valence-corrected chi connectivity index (χ1v) is 5.78. The number of pyridine rings is 1. The molecule has 19 heavy (non-hydrogen) atoms. The van der Waals surface area contributed by atoms with Gasteiger partial charge in [-0.15, -0.1) is 0 Å². The summed E-state index contributed by atoms with van der Waals surface area (Å²) >= 11 is 0. The van der Waals surface area contributed by atoms with Crippen LogP contribution in [-0.4, -0.2) is 4.98 Å². The van der Waals surface area contributed by atoms with Gasteiger partial charge in [-0.3, -0.25) is 0 Å². The third-order valence-electron chi connectivity index (χ3n) is 2.69. The number of nitrogens with one attached hydrogen (secondary N) is 1. The summed E-state index contributed by atoms with van der Waals surface area (Å²) in [6.45, 7) is 2.52. The zero-order valence-electron chi connectivity index (χ0n) is 10.3. The van der Waals surface area contributed by atoms with Crippen LogP contribution in [0, 0.1) is 6.92 Å². The van der Waals surface area contributed by atoms with Gasteiger partial charge in [-0.05, 0) is 24.6 Å². The molecule has 0 aliphatic heterocycles. The number of alkyl halides is 3. The molecule has 0 atom stereocenters. The van der Waals surface area contributed by atoms with Crippen molar-refractivity contribution in [3.63, 3.8) is 0 Å². The summed E-state index contributed by atoms with van der Waals surface area (Å²) in [6, 6.07) is 10.2. The molecule has 0 saturated carbocycles. The molecule has 1 heterocycles. The minimum absolute atomic E-state index is 0.425. The van der Waals surface area contributed by atoms with E-state index < -0.39 is 11.7 Å². The highest BCUT2D eigenvalue weighted by Gasteiger charge is 2.30. The number of rotatable bonds is 3. The molecule has 0 radical (unpaired) electrons. The molecule has 0 aliphatic carbocycles. The quantitative estimate of drug-likeness (QED) is 0.907. The molecule has 0 amide bonds. The molecule has 0 bridgehead atoms. The van der Waals surface area contributed by atoms with E-state index in [0.29, 0.717) is 12.4 Å². The maximum absolute atomic E-state index is 12.3. The van der Waals surface area contributed by atoms with Gasteiger partial charge in [0.25, 0.3) is 0 Å². The monoisotopic (exact) mass is 266 g/mol. The summed E-state index contributed by atoms with van der Waals surface area (Å²) in [4.78, 5) is 3.75. The van der Waals surface area contributed by atoms with Gasteiger partial charge in [0, 0.05) is 12.7 Å². The van der Waals surface area contributed by atoms with Crippen LogP contribution in [0.1, 0.15) is 16.7 Å². The molecule has 1 aromatic heterocycles. The normalized spacial score (nSPS) is 11.4. The topological polar surface area (TPSA) is 24.9 Å². The van der Waals surface area contributed by atoms with E-state index in [-0.39, 0.29) is 0 Å². The van der Waals surface area contributed by atoms with Crippen LogP contribution in [0.15, 0.2) is 42.6 Å². The van der Waals surface area contributed by atoms with Gasteiger partial charge >= 0.3 is 6.18 Å². The van der Waals surface area contributed by atoms with E-state index in [1.54, 1.807) is 0 Å². The van der Waals surface area contributed by atoms with Crippen LogP contribution in [0.4, 0.5) is 19.0 Å². The van der Waals surface area contributed by atoms with Gasteiger partial charge in [-0.1, -0.05) is 29.8 Å². The van der Waals surface area contributed by atoms with Crippen LogP contribution in [-0.2, 0) is 12.7 Å². The van der Waals surface area contributed by atoms with Crippen LogP contribution in [0.5, 0.6) is 0 Å². The Bertz CT molecular complexity index is 530. The Morgan fingerprint density at radius 1 is 1.05 bits per heavy atom. The summed E-state index contributed by atoms with van der Waals surface area (Å²) in [5.74, 6) is 0.425. The summed E-state index contributed by atoms with van der Waals surface area (Å²) in [6.07, 6.45) is -3.51. The van der Waals surface area contributed by atoms with E-state index in [1.165, 1.54) is 6.07 Å². The first kappa shape index (κ1) is 13.4. The van der Waals surface area contributed by atoms with Crippen LogP contribution < -0.4 is 5.32 Å². The highest BCUT2D eigenvalue weighted by Crippen LogP contribution is 2.28. The lowest BCUT2D eigenvalue weighted by Crippen LogP contribution is -2.07. The molecule has 100 valence electrons. The van der Waals surface area contributed by atoms with Crippen molar-refractivity contribution in [2.75, 3.05) is 5.32 Å². The molecule has 0 spiro atoms. The number of aromatic nitrogens is 1. The Morgan fingerprint density at radius 2 is 1.74 bits per heavy atom. The Hall–Kier alpha value is -2.04. The lowest BCUT2D eigenvalue weighted by molar-refractivity contribution is -0.137. The van der Waals surface area contributed by atoms with Crippen molar-refractivity contribution in [3.05, 3.63) is 59.3 Å². The van der Waals surface area contributed by atoms with Crippen molar-refractivity contribution in [1.82, 2.24) is 4.98 Å². The second-order valence-corrected chi connectivity index (χ2v) is 4.27. The summed E-state index contributed by atoms with van der Waals surface area (Å²) < 4.78 is 37.0. The number of hydrogen-bond donors (Lipinski definition) is 1. The van der Waals surface area contributed by atoms with Crippen LogP contribution >= 0.6 is 0 Å². The Labute approximate surface area is 109 Å². The van der Waals surface area contributed by atoms with E-state index >= 15 is 0 Å². The van der Waals surface area contributed by atoms with Crippen LogP contribution in [0.25, 0.3) is 0 Å². The van der Waals surface area contributed by atoms with Crippen molar-refractivity contribution < 1.29 is 13.2 Å². The predicted molar refractivity (Wildman–Crippen MR) is 67.7 cm³/mol. The summed E-state index contributed by atoms with van der Waals surface area (Å²) in [5, 5.41) is 2.98. The number of aryl methyl sites for hydroxylation is 1. The largest absolute Gasteiger partial charge is 0.417 e. The Kier molecular flexibility index (Phi) is 3.74. The maximum atomic E-state index is 12.3. The number of anilines is 1. The fourth-order valence-electron chi connectivity index (χ4n) is 1.56. The molecule has 1 aromatic carbocycles. The van der Waals surface area contributed by atoms with E-state index in [2.05, 4.69) is 10.3 Å². The molecule has 0 saturated heterocycles. The van der Waals surface area contributed by atoms with Gasteiger partial charge in [0.05, 0.1) is 5.56 Å². The van der Waals surface area contributed by atoms with E-state index in [4.69, 9.17) is 0 Å². The maximum Gasteiger partial charge on any atom is 0.417 e. The molecule has 2 rings (SSSR count). The molecule has 0 aliphatic rings. The molecular formula is C14H13F3N2. The first-order valence-electron chi connectivity index (χ1n) is 5.78. The van der Waals surface area contributed by atoms with Crippen LogP contribution in [0.2, 0.25) is 0 Å². The zero-order valence-corrected chi connectivity index (χ0v) is 10.3. The number of nitrogens with zero attached hydrogens (tertiary/aromatic N) is 1. The smallest absolute Gasteiger partial charge is 0.366 e. The first-order chi connectivity index (χ1) is 8.95. The number of hydrogen-bond acceptors (Lipinski definition) is 2. The molecular weight excluding hydrogens is 253 g/mol. The van der Waals surface area contributed by atoms with Gasteiger partial charge in [0.1, 0.15) is 5.82 Å². The fraction of sp³-hybridized carbons (Fsp3) is 0.214. The van der Waals surface area contributed by atoms with E-state index in [9.17, 15) is 13.2 Å². The fourth-order valence-corrected chi connectivity index (χ4v) is 1.56. The molecule has 0 unspecified atom stereocenters. The Morgan fingerprint density at radius 3 is 2.26 bits per heavy atom. The summed E-state index contributed by atoms with van der Waals surface area (Å²) in [7, 11) is 0. The molecule has 0 fully saturated rings. The summed E-state index contributed by atoms with van der Waals surface area (Å²) in [5.41, 5.74) is 1.47. The zero-order chi connectivity index (χ0) is 13.9. The van der Waals surface area contributed by atoms with Gasteiger partial charge in [-0.2, -0.15) is 13.2 Å². The molecule has 5 heteroatoms. The molecule has 2 aromatic rings. The van der Waals surface area contributed by atoms with Crippen molar-refractivity contribution in [2.24, 2.45) is 0 Å². The number of benzene rings is 1. The van der Waals surface area contributed by atoms with E-state index in [0.717, 1.165) is 23.4 Å². The molecule has 1 N–H and O–H groups in total. The lowest BCUT2D eigenvalue weighted by atomic mass is 10.1. The second kappa shape index (κ2) is 5.30. The predicted octanol–water partition coefficient (Wildman–Crippen LogP) is 4.02. The second-order valence-electron chi connectivity index (χ2n) is 4.27. The Balaban J connectivity index is 1.98. The van der Waals surface area contributed by atoms with Crippen molar-refractivity contribution >= 4 is 5.82 Å². The third kappa shape index (κ3) is 3.71. The minimum Gasteiger partial charge on any atom is -0.366 e. The average Bonchev–Trinajstić information content (AvgIpc) is 2.37. The van der Waals surface area contributed by atoms with Crippen molar-refractivity contribution in [1.29, 1.82) is 0 Å². The number of halogens is 3. The van der Waals surface area contributed by atoms with Gasteiger partial charge in [-0.25, -0.2) is 4.98 Å².